The molecule has 3 aromatic rings. The Balaban J connectivity index is 1.41. The Morgan fingerprint density at radius 1 is 1.25 bits per heavy atom. The predicted octanol–water partition coefficient (Wildman–Crippen LogP) is 3.81. The highest BCUT2D eigenvalue weighted by Crippen LogP contribution is 2.38. The molecule has 0 saturated carbocycles. The summed E-state index contributed by atoms with van der Waals surface area (Å²) in [5, 5.41) is 8.35. The summed E-state index contributed by atoms with van der Waals surface area (Å²) in [6, 6.07) is 10.9. The number of anilines is 1. The van der Waals surface area contributed by atoms with Gasteiger partial charge in [0.1, 0.15) is 5.75 Å². The van der Waals surface area contributed by atoms with Gasteiger partial charge in [-0.25, -0.2) is 4.98 Å². The third-order valence-electron chi connectivity index (χ3n) is 4.62. The summed E-state index contributed by atoms with van der Waals surface area (Å²) >= 11 is 3.06. The quantitative estimate of drug-likeness (QED) is 0.644. The van der Waals surface area contributed by atoms with Gasteiger partial charge in [0.05, 0.1) is 25.3 Å². The molecule has 8 heteroatoms. The van der Waals surface area contributed by atoms with E-state index in [1.807, 2.05) is 17.5 Å². The van der Waals surface area contributed by atoms with Crippen molar-refractivity contribution in [2.24, 2.45) is 0 Å². The lowest BCUT2D eigenvalue weighted by atomic mass is 10.1. The minimum Gasteiger partial charge on any atom is -0.497 e. The van der Waals surface area contributed by atoms with Gasteiger partial charge in [0.2, 0.25) is 5.91 Å². The Hall–Kier alpha value is -2.71. The first-order valence-corrected chi connectivity index (χ1v) is 10.6. The smallest absolute Gasteiger partial charge is 0.257 e. The maximum atomic E-state index is 12.6. The van der Waals surface area contributed by atoms with Crippen molar-refractivity contribution in [3.8, 4) is 5.75 Å². The zero-order valence-corrected chi connectivity index (χ0v) is 16.9. The fourth-order valence-electron chi connectivity index (χ4n) is 3.16. The fraction of sp³-hybridized carbons (Fsp3) is 0.250. The van der Waals surface area contributed by atoms with E-state index in [4.69, 9.17) is 4.74 Å². The van der Waals surface area contributed by atoms with Crippen molar-refractivity contribution in [2.75, 3.05) is 12.4 Å². The van der Waals surface area contributed by atoms with E-state index in [1.165, 1.54) is 11.3 Å². The molecule has 2 heterocycles. The molecular formula is C20H19N3O3S2. The van der Waals surface area contributed by atoms with E-state index in [0.717, 1.165) is 28.3 Å². The highest BCUT2D eigenvalue weighted by molar-refractivity contribution is 7.16. The van der Waals surface area contributed by atoms with Crippen molar-refractivity contribution < 1.29 is 14.3 Å². The van der Waals surface area contributed by atoms with Crippen LogP contribution in [0, 0.1) is 0 Å². The van der Waals surface area contributed by atoms with Gasteiger partial charge in [0, 0.05) is 15.3 Å². The molecule has 0 aliphatic heterocycles. The number of thiazole rings is 1. The number of nitrogens with one attached hydrogen (secondary N) is 2. The lowest BCUT2D eigenvalue weighted by molar-refractivity contribution is -0.122. The fourth-order valence-corrected chi connectivity index (χ4v) is 4.84. The number of nitrogens with zero attached hydrogens (tertiary/aromatic N) is 1. The number of carbonyl (C=O) groups excluding carboxylic acids is 2. The number of aryl methyl sites for hydroxylation is 1. The molecular weight excluding hydrogens is 394 g/mol. The topological polar surface area (TPSA) is 80.3 Å². The summed E-state index contributed by atoms with van der Waals surface area (Å²) < 4.78 is 5.11. The van der Waals surface area contributed by atoms with Crippen molar-refractivity contribution in [3.05, 3.63) is 62.8 Å². The van der Waals surface area contributed by atoms with Gasteiger partial charge in [-0.1, -0.05) is 6.07 Å². The largest absolute Gasteiger partial charge is 0.497 e. The molecule has 1 aliphatic rings. The van der Waals surface area contributed by atoms with Crippen molar-refractivity contribution in [3.63, 3.8) is 0 Å². The van der Waals surface area contributed by atoms with E-state index in [2.05, 4.69) is 15.6 Å². The third kappa shape index (κ3) is 3.93. The van der Waals surface area contributed by atoms with Crippen LogP contribution in [0.1, 0.15) is 38.1 Å². The molecule has 144 valence electrons. The summed E-state index contributed by atoms with van der Waals surface area (Å²) in [6.07, 6.45) is 1.57. The Morgan fingerprint density at radius 2 is 2.07 bits per heavy atom. The normalized spacial score (nSPS) is 15.1. The number of ether oxygens (including phenoxy) is 1. The molecule has 2 amide bonds. The molecule has 0 fully saturated rings. The molecule has 1 aliphatic carbocycles. The van der Waals surface area contributed by atoms with Crippen LogP contribution in [-0.2, 0) is 17.8 Å². The van der Waals surface area contributed by atoms with E-state index in [9.17, 15) is 9.59 Å². The second-order valence-electron chi connectivity index (χ2n) is 6.40. The summed E-state index contributed by atoms with van der Waals surface area (Å²) in [6.45, 7) is 0.535. The first-order valence-electron chi connectivity index (χ1n) is 8.89. The third-order valence-corrected chi connectivity index (χ3v) is 6.55. The first kappa shape index (κ1) is 18.6. The van der Waals surface area contributed by atoms with Crippen molar-refractivity contribution in [1.29, 1.82) is 0 Å². The van der Waals surface area contributed by atoms with E-state index in [0.29, 0.717) is 23.0 Å². The van der Waals surface area contributed by atoms with Gasteiger partial charge in [-0.3, -0.25) is 14.9 Å². The van der Waals surface area contributed by atoms with Gasteiger partial charge in [0.15, 0.2) is 5.13 Å². The average molecular weight is 414 g/mol. The maximum Gasteiger partial charge on any atom is 0.257 e. The van der Waals surface area contributed by atoms with Gasteiger partial charge in [-0.15, -0.1) is 22.7 Å². The van der Waals surface area contributed by atoms with E-state index >= 15 is 0 Å². The molecule has 2 N–H and O–H groups in total. The van der Waals surface area contributed by atoms with Crippen LogP contribution in [0.25, 0.3) is 0 Å². The Bertz CT molecular complexity index is 981. The zero-order chi connectivity index (χ0) is 19.5. The van der Waals surface area contributed by atoms with Crippen LogP contribution < -0.4 is 15.4 Å². The number of aromatic nitrogens is 1. The molecule has 1 aromatic carbocycles. The van der Waals surface area contributed by atoms with Crippen LogP contribution in [0.4, 0.5) is 5.13 Å². The second-order valence-corrected chi connectivity index (χ2v) is 8.51. The second kappa shape index (κ2) is 8.12. The summed E-state index contributed by atoms with van der Waals surface area (Å²) in [5.41, 5.74) is 1.32. The van der Waals surface area contributed by atoms with E-state index in [-0.39, 0.29) is 17.7 Å². The number of methoxy groups -OCH3 is 1. The van der Waals surface area contributed by atoms with E-state index < -0.39 is 0 Å². The Kier molecular flexibility index (Phi) is 5.40. The number of benzene rings is 1. The average Bonchev–Trinajstić information content (AvgIpc) is 3.43. The van der Waals surface area contributed by atoms with Gasteiger partial charge < -0.3 is 10.1 Å². The molecule has 4 rings (SSSR count). The number of carbonyl (C=O) groups is 2. The van der Waals surface area contributed by atoms with E-state index in [1.54, 1.807) is 42.7 Å². The molecule has 0 spiro atoms. The zero-order valence-electron chi connectivity index (χ0n) is 15.2. The molecule has 6 nitrogen and oxygen atoms in total. The van der Waals surface area contributed by atoms with Crippen molar-refractivity contribution >= 4 is 39.6 Å². The molecule has 28 heavy (non-hydrogen) atoms. The highest BCUT2D eigenvalue weighted by atomic mass is 32.1. The van der Waals surface area contributed by atoms with Gasteiger partial charge in [-0.05, 0) is 48.6 Å². The van der Waals surface area contributed by atoms with Crippen molar-refractivity contribution in [2.45, 2.75) is 25.3 Å². The van der Waals surface area contributed by atoms with Gasteiger partial charge in [0.25, 0.3) is 5.91 Å². The number of amides is 2. The van der Waals surface area contributed by atoms with Crippen LogP contribution >= 0.6 is 22.7 Å². The van der Waals surface area contributed by atoms with Crippen LogP contribution in [0.5, 0.6) is 5.75 Å². The number of thiophene rings is 1. The Morgan fingerprint density at radius 3 is 2.79 bits per heavy atom. The number of rotatable bonds is 6. The standard InChI is InChI=1S/C20H19N3O3S2/c1-26-13-6-4-12(5-7-13)18(24)23-20-22-17-15(8-9-16(17)28-20)19(25)21-11-14-3-2-10-27-14/h2-7,10,15H,8-9,11H2,1H3,(H,21,25)(H,22,23,24)/t15-/m1/s1. The SMILES string of the molecule is COc1ccc(C(=O)Nc2nc3c(s2)CC[C@H]3C(=O)NCc2cccs2)cc1. The molecule has 2 aromatic heterocycles. The van der Waals surface area contributed by atoms with Crippen LogP contribution in [-0.4, -0.2) is 23.9 Å². The van der Waals surface area contributed by atoms with Gasteiger partial charge in [-0.2, -0.15) is 0 Å². The maximum absolute atomic E-state index is 12.6. The summed E-state index contributed by atoms with van der Waals surface area (Å²) in [7, 11) is 1.58. The highest BCUT2D eigenvalue weighted by Gasteiger charge is 2.32. The lowest BCUT2D eigenvalue weighted by Crippen LogP contribution is -2.27. The minimum absolute atomic E-state index is 0.00881. The minimum atomic E-state index is -0.252. The predicted molar refractivity (Wildman–Crippen MR) is 110 cm³/mol. The lowest BCUT2D eigenvalue weighted by Gasteiger charge is -2.10. The summed E-state index contributed by atoms with van der Waals surface area (Å²) in [4.78, 5) is 31.7. The molecule has 0 unspecified atom stereocenters. The number of fused-ring (bicyclic) bond motifs is 1. The van der Waals surface area contributed by atoms with Crippen molar-refractivity contribution in [1.82, 2.24) is 10.3 Å². The van der Waals surface area contributed by atoms with Crippen LogP contribution in [0.3, 0.4) is 0 Å². The number of hydrogen-bond donors (Lipinski definition) is 2. The summed E-state index contributed by atoms with van der Waals surface area (Å²) in [5.74, 6) is 0.207. The monoisotopic (exact) mass is 413 g/mol. The Labute approximate surface area is 170 Å². The number of hydrogen-bond acceptors (Lipinski definition) is 6. The molecule has 0 radical (unpaired) electrons. The molecule has 0 bridgehead atoms. The van der Waals surface area contributed by atoms with Crippen LogP contribution in [0.2, 0.25) is 0 Å². The van der Waals surface area contributed by atoms with Gasteiger partial charge >= 0.3 is 0 Å². The van der Waals surface area contributed by atoms with Crippen LogP contribution in [0.15, 0.2) is 41.8 Å². The molecule has 0 saturated heterocycles. The molecule has 1 atom stereocenters. The first-order chi connectivity index (χ1) is 13.6.